The number of pyridine rings is 1. The van der Waals surface area contributed by atoms with Crippen LogP contribution >= 0.6 is 0 Å². The standard InChI is InChI=1S/C23H25F2N3O6/c1-31-18-10-14(11-19(34-23(24)25)21(18)22(30)27-15-2-3-15)17-13-26-20-12-16(4-5-28(17)20)33-9-8-32-7-6-29/h4-5,10-13,15,23,29H,2-3,6-9H2,1H3,(H,27,30). The SMILES string of the molecule is COc1cc(-c2cnc3cc(OCCOCCO)ccn23)cc(OC(F)F)c1C(=O)NC1CC1. The lowest BCUT2D eigenvalue weighted by atomic mass is 10.1. The predicted molar refractivity (Wildman–Crippen MR) is 118 cm³/mol. The van der Waals surface area contributed by atoms with Gasteiger partial charge in [0.05, 0.1) is 38.8 Å². The lowest BCUT2D eigenvalue weighted by Gasteiger charge is -2.16. The van der Waals surface area contributed by atoms with Crippen LogP contribution in [0.1, 0.15) is 23.2 Å². The number of amides is 1. The molecule has 182 valence electrons. The minimum atomic E-state index is -3.12. The molecule has 1 amide bonds. The smallest absolute Gasteiger partial charge is 0.387 e. The number of carbonyl (C=O) groups is 1. The zero-order chi connectivity index (χ0) is 24.1. The molecule has 2 N–H and O–H groups in total. The number of benzene rings is 1. The van der Waals surface area contributed by atoms with Crippen molar-refractivity contribution in [1.82, 2.24) is 14.7 Å². The number of imidazole rings is 1. The molecule has 0 saturated heterocycles. The molecule has 1 fully saturated rings. The normalized spacial score (nSPS) is 13.3. The molecule has 1 aliphatic carbocycles. The highest BCUT2D eigenvalue weighted by molar-refractivity contribution is 6.01. The summed E-state index contributed by atoms with van der Waals surface area (Å²) in [5.74, 6) is -0.113. The van der Waals surface area contributed by atoms with Crippen molar-refractivity contribution in [3.05, 3.63) is 42.2 Å². The number of fused-ring (bicyclic) bond motifs is 1. The Morgan fingerprint density at radius 2 is 2.03 bits per heavy atom. The summed E-state index contributed by atoms with van der Waals surface area (Å²) in [6, 6.07) is 6.46. The van der Waals surface area contributed by atoms with Gasteiger partial charge in [0, 0.05) is 23.9 Å². The largest absolute Gasteiger partial charge is 0.496 e. The number of methoxy groups -OCH3 is 1. The number of halogens is 2. The minimum Gasteiger partial charge on any atom is -0.496 e. The van der Waals surface area contributed by atoms with Gasteiger partial charge in [-0.1, -0.05) is 0 Å². The fraction of sp³-hybridized carbons (Fsp3) is 0.391. The number of ether oxygens (including phenoxy) is 4. The van der Waals surface area contributed by atoms with Crippen LogP contribution in [0.4, 0.5) is 8.78 Å². The van der Waals surface area contributed by atoms with Crippen molar-refractivity contribution < 1.29 is 37.6 Å². The molecule has 1 aromatic carbocycles. The summed E-state index contributed by atoms with van der Waals surface area (Å²) < 4.78 is 48.9. The van der Waals surface area contributed by atoms with Crippen LogP contribution in [-0.4, -0.2) is 66.6 Å². The molecule has 9 nitrogen and oxygen atoms in total. The highest BCUT2D eigenvalue weighted by Crippen LogP contribution is 2.37. The van der Waals surface area contributed by atoms with Crippen LogP contribution in [0.5, 0.6) is 17.2 Å². The molecule has 0 spiro atoms. The van der Waals surface area contributed by atoms with Crippen molar-refractivity contribution in [2.24, 2.45) is 0 Å². The Bertz CT molecular complexity index is 1150. The van der Waals surface area contributed by atoms with E-state index in [4.69, 9.17) is 24.1 Å². The van der Waals surface area contributed by atoms with E-state index in [1.165, 1.54) is 13.2 Å². The maximum Gasteiger partial charge on any atom is 0.387 e. The van der Waals surface area contributed by atoms with Crippen molar-refractivity contribution in [2.45, 2.75) is 25.5 Å². The second-order valence-corrected chi connectivity index (χ2v) is 7.60. The van der Waals surface area contributed by atoms with Gasteiger partial charge in [0.25, 0.3) is 5.91 Å². The number of nitrogens with zero attached hydrogens (tertiary/aromatic N) is 2. The van der Waals surface area contributed by atoms with Gasteiger partial charge in [-0.25, -0.2) is 4.98 Å². The van der Waals surface area contributed by atoms with Crippen LogP contribution in [-0.2, 0) is 4.74 Å². The Labute approximate surface area is 194 Å². The minimum absolute atomic E-state index is 0.0349. The van der Waals surface area contributed by atoms with Gasteiger partial charge in [0.1, 0.15) is 35.1 Å². The number of aliphatic hydroxyl groups is 1. The number of alkyl halides is 2. The lowest BCUT2D eigenvalue weighted by molar-refractivity contribution is -0.0502. The highest BCUT2D eigenvalue weighted by Gasteiger charge is 2.29. The summed E-state index contributed by atoms with van der Waals surface area (Å²) >= 11 is 0. The van der Waals surface area contributed by atoms with E-state index in [2.05, 4.69) is 10.3 Å². The average Bonchev–Trinajstić information content (AvgIpc) is 3.53. The van der Waals surface area contributed by atoms with Crippen LogP contribution < -0.4 is 19.5 Å². The maximum atomic E-state index is 13.2. The van der Waals surface area contributed by atoms with Gasteiger partial charge in [0.2, 0.25) is 0 Å². The Morgan fingerprint density at radius 3 is 2.74 bits per heavy atom. The Balaban J connectivity index is 1.63. The molecule has 0 atom stereocenters. The molecule has 1 saturated carbocycles. The first-order chi connectivity index (χ1) is 16.5. The monoisotopic (exact) mass is 477 g/mol. The van der Waals surface area contributed by atoms with E-state index in [0.29, 0.717) is 35.9 Å². The number of rotatable bonds is 12. The number of carbonyl (C=O) groups excluding carboxylic acids is 1. The van der Waals surface area contributed by atoms with Crippen LogP contribution in [0.15, 0.2) is 36.7 Å². The summed E-state index contributed by atoms with van der Waals surface area (Å²) in [6.07, 6.45) is 5.00. The highest BCUT2D eigenvalue weighted by atomic mass is 19.3. The van der Waals surface area contributed by atoms with Crippen molar-refractivity contribution in [3.63, 3.8) is 0 Å². The third kappa shape index (κ3) is 5.54. The molecule has 0 bridgehead atoms. The molecule has 3 aromatic rings. The Hall–Kier alpha value is -3.44. The Kier molecular flexibility index (Phi) is 7.43. The van der Waals surface area contributed by atoms with Crippen molar-refractivity contribution in [2.75, 3.05) is 33.5 Å². The first-order valence-corrected chi connectivity index (χ1v) is 10.8. The van der Waals surface area contributed by atoms with Crippen LogP contribution in [0.25, 0.3) is 16.9 Å². The van der Waals surface area contributed by atoms with Gasteiger partial charge in [-0.05, 0) is 31.0 Å². The van der Waals surface area contributed by atoms with Crippen LogP contribution in [0.2, 0.25) is 0 Å². The van der Waals surface area contributed by atoms with E-state index in [0.717, 1.165) is 12.8 Å². The number of nitrogens with one attached hydrogen (secondary N) is 1. The third-order valence-corrected chi connectivity index (χ3v) is 5.15. The lowest BCUT2D eigenvalue weighted by Crippen LogP contribution is -2.26. The van der Waals surface area contributed by atoms with E-state index >= 15 is 0 Å². The quantitative estimate of drug-likeness (QED) is 0.387. The summed E-state index contributed by atoms with van der Waals surface area (Å²) in [5, 5.41) is 11.5. The number of aromatic nitrogens is 2. The fourth-order valence-corrected chi connectivity index (χ4v) is 3.45. The van der Waals surface area contributed by atoms with Crippen LogP contribution in [0, 0.1) is 0 Å². The second-order valence-electron chi connectivity index (χ2n) is 7.60. The zero-order valence-electron chi connectivity index (χ0n) is 18.5. The topological polar surface area (TPSA) is 104 Å². The third-order valence-electron chi connectivity index (χ3n) is 5.15. The predicted octanol–water partition coefficient (Wildman–Crippen LogP) is 2.89. The molecule has 34 heavy (non-hydrogen) atoms. The molecule has 2 heterocycles. The van der Waals surface area contributed by atoms with Gasteiger partial charge >= 0.3 is 6.61 Å². The molecule has 2 aromatic heterocycles. The molecule has 11 heteroatoms. The summed E-state index contributed by atoms with van der Waals surface area (Å²) in [4.78, 5) is 17.1. The Morgan fingerprint density at radius 1 is 1.24 bits per heavy atom. The second kappa shape index (κ2) is 10.7. The van der Waals surface area contributed by atoms with Gasteiger partial charge in [0.15, 0.2) is 0 Å². The number of aliphatic hydroxyl groups excluding tert-OH is 1. The molecule has 4 rings (SSSR count). The van der Waals surface area contributed by atoms with E-state index in [-0.39, 0.29) is 36.3 Å². The fourth-order valence-electron chi connectivity index (χ4n) is 3.45. The number of hydrogen-bond donors (Lipinski definition) is 2. The van der Waals surface area contributed by atoms with E-state index in [1.807, 2.05) is 0 Å². The van der Waals surface area contributed by atoms with E-state index in [1.54, 1.807) is 35.0 Å². The molecular weight excluding hydrogens is 452 g/mol. The molecule has 0 unspecified atom stereocenters. The van der Waals surface area contributed by atoms with Crippen LogP contribution in [0.3, 0.4) is 0 Å². The molecular formula is C23H25F2N3O6. The first kappa shape index (κ1) is 23.7. The average molecular weight is 477 g/mol. The van der Waals surface area contributed by atoms with Gasteiger partial charge in [-0.3, -0.25) is 9.20 Å². The van der Waals surface area contributed by atoms with Crippen molar-refractivity contribution in [1.29, 1.82) is 0 Å². The first-order valence-electron chi connectivity index (χ1n) is 10.8. The van der Waals surface area contributed by atoms with E-state index in [9.17, 15) is 13.6 Å². The van der Waals surface area contributed by atoms with E-state index < -0.39 is 12.5 Å². The maximum absolute atomic E-state index is 13.2. The van der Waals surface area contributed by atoms with Crippen molar-refractivity contribution >= 4 is 11.6 Å². The molecule has 0 aliphatic heterocycles. The van der Waals surface area contributed by atoms with Crippen molar-refractivity contribution in [3.8, 4) is 28.5 Å². The molecule has 1 aliphatic rings. The number of hydrogen-bond acceptors (Lipinski definition) is 7. The molecule has 0 radical (unpaired) electrons. The van der Waals surface area contributed by atoms with Gasteiger partial charge in [-0.2, -0.15) is 8.78 Å². The van der Waals surface area contributed by atoms with Gasteiger partial charge < -0.3 is 29.4 Å². The van der Waals surface area contributed by atoms with Gasteiger partial charge in [-0.15, -0.1) is 0 Å². The summed E-state index contributed by atoms with van der Waals surface area (Å²) in [6.45, 7) is -2.29. The summed E-state index contributed by atoms with van der Waals surface area (Å²) in [5.41, 5.74) is 1.55. The zero-order valence-corrected chi connectivity index (χ0v) is 18.5. The summed E-state index contributed by atoms with van der Waals surface area (Å²) in [7, 11) is 1.36.